The average Bonchev–Trinajstić information content (AvgIpc) is 2.31. The van der Waals surface area contributed by atoms with Crippen molar-refractivity contribution in [2.75, 3.05) is 0 Å². The molecule has 1 amide bonds. The third-order valence-corrected chi connectivity index (χ3v) is 3.74. The second kappa shape index (κ2) is 6.46. The fraction of sp³-hybridized carbons (Fsp3) is 0.429. The Hall–Kier alpha value is -1.26. The van der Waals surface area contributed by atoms with E-state index in [1.807, 2.05) is 0 Å². The van der Waals surface area contributed by atoms with Gasteiger partial charge in [-0.25, -0.2) is 0 Å². The zero-order valence-electron chi connectivity index (χ0n) is 11.5. The first-order valence-electron chi connectivity index (χ1n) is 6.11. The van der Waals surface area contributed by atoms with Gasteiger partial charge in [-0.05, 0) is 38.5 Å². The number of aliphatic carboxylic acids is 1. The molecule has 0 fully saturated rings. The van der Waals surface area contributed by atoms with Crippen LogP contribution in [0.3, 0.4) is 0 Å². The van der Waals surface area contributed by atoms with E-state index in [0.29, 0.717) is 10.0 Å². The lowest BCUT2D eigenvalue weighted by atomic mass is 9.89. The molecule has 0 aromatic heterocycles. The molecule has 0 radical (unpaired) electrons. The summed E-state index contributed by atoms with van der Waals surface area (Å²) < 4.78 is 0. The van der Waals surface area contributed by atoms with Crippen LogP contribution >= 0.6 is 23.2 Å². The fourth-order valence-corrected chi connectivity index (χ4v) is 1.94. The normalized spacial score (nSPS) is 12.8. The Morgan fingerprint density at radius 1 is 1.30 bits per heavy atom. The molecule has 1 rings (SSSR count). The van der Waals surface area contributed by atoms with E-state index in [9.17, 15) is 9.59 Å². The molecule has 20 heavy (non-hydrogen) atoms. The molecule has 6 heteroatoms. The van der Waals surface area contributed by atoms with E-state index in [0.717, 1.165) is 5.56 Å². The number of hydrogen-bond donors (Lipinski definition) is 2. The number of benzene rings is 1. The minimum atomic E-state index is -1.10. The summed E-state index contributed by atoms with van der Waals surface area (Å²) >= 11 is 11.7. The molecular weight excluding hydrogens is 301 g/mol. The third-order valence-electron chi connectivity index (χ3n) is 3.00. The van der Waals surface area contributed by atoms with Crippen molar-refractivity contribution >= 4 is 35.1 Å². The van der Waals surface area contributed by atoms with Crippen molar-refractivity contribution in [2.45, 2.75) is 33.2 Å². The number of carboxylic acids is 1. The van der Waals surface area contributed by atoms with Crippen LogP contribution in [-0.4, -0.2) is 17.0 Å². The van der Waals surface area contributed by atoms with Crippen LogP contribution in [0.1, 0.15) is 38.8 Å². The first-order chi connectivity index (χ1) is 9.13. The van der Waals surface area contributed by atoms with Gasteiger partial charge in [0.15, 0.2) is 0 Å². The first-order valence-corrected chi connectivity index (χ1v) is 6.87. The number of carbonyl (C=O) groups is 2. The smallest absolute Gasteiger partial charge is 0.309 e. The summed E-state index contributed by atoms with van der Waals surface area (Å²) in [4.78, 5) is 22.8. The van der Waals surface area contributed by atoms with Gasteiger partial charge in [-0.3, -0.25) is 9.59 Å². The van der Waals surface area contributed by atoms with Crippen molar-refractivity contribution in [1.82, 2.24) is 5.32 Å². The van der Waals surface area contributed by atoms with E-state index in [1.165, 1.54) is 13.8 Å². The van der Waals surface area contributed by atoms with Gasteiger partial charge in [-0.2, -0.15) is 0 Å². The highest BCUT2D eigenvalue weighted by Gasteiger charge is 2.30. The molecule has 0 saturated heterocycles. The van der Waals surface area contributed by atoms with E-state index in [2.05, 4.69) is 5.32 Å². The minimum absolute atomic E-state index is 0.0893. The Morgan fingerprint density at radius 2 is 1.90 bits per heavy atom. The van der Waals surface area contributed by atoms with Gasteiger partial charge in [0, 0.05) is 6.42 Å². The largest absolute Gasteiger partial charge is 0.481 e. The lowest BCUT2D eigenvalue weighted by molar-refractivity contribution is -0.149. The monoisotopic (exact) mass is 317 g/mol. The van der Waals surface area contributed by atoms with E-state index in [-0.39, 0.29) is 18.4 Å². The van der Waals surface area contributed by atoms with Crippen molar-refractivity contribution in [3.63, 3.8) is 0 Å². The Kier molecular flexibility index (Phi) is 5.42. The molecule has 0 aliphatic rings. The Bertz CT molecular complexity index is 529. The van der Waals surface area contributed by atoms with E-state index in [1.54, 1.807) is 25.1 Å². The summed E-state index contributed by atoms with van der Waals surface area (Å²) in [5, 5.41) is 12.6. The Balaban J connectivity index is 2.70. The summed E-state index contributed by atoms with van der Waals surface area (Å²) in [5.74, 6) is -1.33. The Morgan fingerprint density at radius 3 is 2.40 bits per heavy atom. The Labute approximate surface area is 128 Å². The van der Waals surface area contributed by atoms with Crippen LogP contribution in [0.2, 0.25) is 10.0 Å². The molecule has 0 spiro atoms. The fourth-order valence-electron chi connectivity index (χ4n) is 1.63. The van der Waals surface area contributed by atoms with Crippen LogP contribution in [0.15, 0.2) is 18.2 Å². The highest BCUT2D eigenvalue weighted by atomic mass is 35.5. The highest BCUT2D eigenvalue weighted by Crippen LogP contribution is 2.26. The lowest BCUT2D eigenvalue weighted by Crippen LogP contribution is -2.34. The molecule has 0 bridgehead atoms. The predicted octanol–water partition coefficient (Wildman–Crippen LogP) is 3.67. The van der Waals surface area contributed by atoms with Crippen LogP contribution in [0, 0.1) is 5.41 Å². The van der Waals surface area contributed by atoms with Crippen molar-refractivity contribution in [3.05, 3.63) is 33.8 Å². The second-order valence-electron chi connectivity index (χ2n) is 5.33. The standard InChI is InChI=1S/C14H17Cl2NO3/c1-8(9-4-5-10(15)11(16)6-9)17-12(18)7-14(2,3)13(19)20/h4-6,8H,7H2,1-3H3,(H,17,18)(H,19,20). The molecule has 0 saturated carbocycles. The minimum Gasteiger partial charge on any atom is -0.481 e. The summed E-state index contributed by atoms with van der Waals surface area (Å²) in [7, 11) is 0. The number of hydrogen-bond acceptors (Lipinski definition) is 2. The van der Waals surface area contributed by atoms with Crippen molar-refractivity contribution < 1.29 is 14.7 Å². The highest BCUT2D eigenvalue weighted by molar-refractivity contribution is 6.42. The molecule has 0 heterocycles. The van der Waals surface area contributed by atoms with E-state index >= 15 is 0 Å². The third kappa shape index (κ3) is 4.39. The van der Waals surface area contributed by atoms with Crippen LogP contribution in [-0.2, 0) is 9.59 Å². The number of halogens is 2. The molecule has 0 aliphatic heterocycles. The van der Waals surface area contributed by atoms with Crippen molar-refractivity contribution in [3.8, 4) is 0 Å². The zero-order chi connectivity index (χ0) is 15.5. The lowest BCUT2D eigenvalue weighted by Gasteiger charge is -2.21. The SMILES string of the molecule is CC(NC(=O)CC(C)(C)C(=O)O)c1ccc(Cl)c(Cl)c1. The number of amides is 1. The average molecular weight is 318 g/mol. The van der Waals surface area contributed by atoms with Gasteiger partial charge in [0.05, 0.1) is 21.5 Å². The maximum absolute atomic E-state index is 11.9. The first kappa shape index (κ1) is 16.8. The van der Waals surface area contributed by atoms with Crippen molar-refractivity contribution in [1.29, 1.82) is 0 Å². The van der Waals surface area contributed by atoms with Gasteiger partial charge in [0.1, 0.15) is 0 Å². The topological polar surface area (TPSA) is 66.4 Å². The van der Waals surface area contributed by atoms with E-state index in [4.69, 9.17) is 28.3 Å². The molecule has 110 valence electrons. The number of rotatable bonds is 5. The molecule has 4 nitrogen and oxygen atoms in total. The summed E-state index contributed by atoms with van der Waals surface area (Å²) in [6.45, 7) is 4.82. The molecule has 1 aromatic rings. The van der Waals surface area contributed by atoms with Gasteiger partial charge >= 0.3 is 5.97 Å². The van der Waals surface area contributed by atoms with Crippen LogP contribution in [0.5, 0.6) is 0 Å². The zero-order valence-corrected chi connectivity index (χ0v) is 13.0. The summed E-state index contributed by atoms with van der Waals surface area (Å²) in [5.41, 5.74) is -0.289. The number of carbonyl (C=O) groups excluding carboxylic acids is 1. The summed E-state index contributed by atoms with van der Waals surface area (Å²) in [6.07, 6.45) is -0.0893. The molecule has 1 unspecified atom stereocenters. The molecule has 0 aliphatic carbocycles. The van der Waals surface area contributed by atoms with Gasteiger partial charge in [-0.15, -0.1) is 0 Å². The predicted molar refractivity (Wildman–Crippen MR) is 79.1 cm³/mol. The molecule has 2 N–H and O–H groups in total. The summed E-state index contributed by atoms with van der Waals surface area (Å²) in [6, 6.07) is 4.82. The van der Waals surface area contributed by atoms with Gasteiger partial charge in [0.25, 0.3) is 0 Å². The maximum atomic E-state index is 11.9. The van der Waals surface area contributed by atoms with Crippen LogP contribution in [0.25, 0.3) is 0 Å². The maximum Gasteiger partial charge on any atom is 0.309 e. The molecule has 1 atom stereocenters. The van der Waals surface area contributed by atoms with Gasteiger partial charge in [0.2, 0.25) is 5.91 Å². The van der Waals surface area contributed by atoms with Crippen molar-refractivity contribution in [2.24, 2.45) is 5.41 Å². The number of nitrogens with one attached hydrogen (secondary N) is 1. The van der Waals surface area contributed by atoms with E-state index < -0.39 is 11.4 Å². The quantitative estimate of drug-likeness (QED) is 0.870. The molecular formula is C14H17Cl2NO3. The number of carboxylic acid groups (broad SMARTS) is 1. The van der Waals surface area contributed by atoms with Crippen LogP contribution in [0.4, 0.5) is 0 Å². The second-order valence-corrected chi connectivity index (χ2v) is 6.14. The van der Waals surface area contributed by atoms with Gasteiger partial charge < -0.3 is 10.4 Å². The molecule has 1 aromatic carbocycles. The van der Waals surface area contributed by atoms with Crippen LogP contribution < -0.4 is 5.32 Å². The van der Waals surface area contributed by atoms with Gasteiger partial charge in [-0.1, -0.05) is 29.3 Å².